The van der Waals surface area contributed by atoms with Crippen LogP contribution in [0, 0.1) is 0 Å². The first-order valence-corrected chi connectivity index (χ1v) is 9.64. The van der Waals surface area contributed by atoms with Crippen LogP contribution in [-0.2, 0) is 19.6 Å². The molecule has 0 unspecified atom stereocenters. The van der Waals surface area contributed by atoms with Crippen LogP contribution < -0.4 is 5.32 Å². The van der Waals surface area contributed by atoms with Gasteiger partial charge in [-0.1, -0.05) is 17.7 Å². The second kappa shape index (κ2) is 7.96. The van der Waals surface area contributed by atoms with Gasteiger partial charge in [-0.15, -0.1) is 11.3 Å². The number of carbonyl (C=O) groups is 2. The molecular formula is C15H15ClN2O5S2. The number of hydrogen-bond acceptors (Lipinski definition) is 6. The molecule has 2 aromatic rings. The number of rotatable bonds is 6. The molecule has 0 aliphatic rings. The van der Waals surface area contributed by atoms with Gasteiger partial charge in [-0.3, -0.25) is 4.79 Å². The van der Waals surface area contributed by atoms with Crippen molar-refractivity contribution in [3.63, 3.8) is 0 Å². The fraction of sp³-hybridized carbons (Fsp3) is 0.200. The van der Waals surface area contributed by atoms with Crippen LogP contribution in [0.3, 0.4) is 0 Å². The Hall–Kier alpha value is -1.94. The molecule has 134 valence electrons. The molecule has 0 bridgehead atoms. The zero-order valence-electron chi connectivity index (χ0n) is 13.4. The molecule has 1 aromatic carbocycles. The van der Waals surface area contributed by atoms with Crippen molar-refractivity contribution in [1.82, 2.24) is 4.31 Å². The Morgan fingerprint density at radius 2 is 2.00 bits per heavy atom. The van der Waals surface area contributed by atoms with E-state index in [9.17, 15) is 18.0 Å². The molecule has 0 spiro atoms. The van der Waals surface area contributed by atoms with E-state index in [1.807, 2.05) is 0 Å². The number of sulfonamides is 1. The van der Waals surface area contributed by atoms with E-state index < -0.39 is 28.5 Å². The van der Waals surface area contributed by atoms with Gasteiger partial charge in [-0.25, -0.2) is 17.5 Å². The molecule has 0 aliphatic carbocycles. The van der Waals surface area contributed by atoms with Crippen LogP contribution in [0.5, 0.6) is 0 Å². The fourth-order valence-corrected chi connectivity index (χ4v) is 3.46. The Kier molecular flexibility index (Phi) is 6.17. The Morgan fingerprint density at radius 1 is 1.28 bits per heavy atom. The van der Waals surface area contributed by atoms with E-state index in [1.54, 1.807) is 17.5 Å². The molecule has 25 heavy (non-hydrogen) atoms. The highest BCUT2D eigenvalue weighted by Gasteiger charge is 2.19. The largest absolute Gasteiger partial charge is 0.451 e. The molecule has 1 amide bonds. The van der Waals surface area contributed by atoms with Gasteiger partial charge in [0.25, 0.3) is 5.91 Å². The third-order valence-corrected chi connectivity index (χ3v) is 6.04. The fourth-order valence-electron chi connectivity index (χ4n) is 1.75. The maximum atomic E-state index is 12.1. The monoisotopic (exact) mass is 402 g/mol. The lowest BCUT2D eigenvalue weighted by molar-refractivity contribution is -0.119. The number of nitrogens with zero attached hydrogens (tertiary/aromatic N) is 1. The van der Waals surface area contributed by atoms with Gasteiger partial charge in [0.2, 0.25) is 10.0 Å². The summed E-state index contributed by atoms with van der Waals surface area (Å²) in [5.74, 6) is -1.24. The van der Waals surface area contributed by atoms with Crippen molar-refractivity contribution in [1.29, 1.82) is 0 Å². The van der Waals surface area contributed by atoms with E-state index in [1.165, 1.54) is 43.6 Å². The number of ether oxygens (including phenoxy) is 1. The predicted molar refractivity (Wildman–Crippen MR) is 95.6 cm³/mol. The molecule has 1 N–H and O–H groups in total. The number of thiophene rings is 1. The third-order valence-electron chi connectivity index (χ3n) is 3.05. The van der Waals surface area contributed by atoms with Crippen LogP contribution in [0.2, 0.25) is 5.02 Å². The number of nitrogens with one attached hydrogen (secondary N) is 1. The van der Waals surface area contributed by atoms with Crippen LogP contribution in [0.4, 0.5) is 5.69 Å². The lowest BCUT2D eigenvalue weighted by Gasteiger charge is -2.13. The quantitative estimate of drug-likeness (QED) is 0.749. The van der Waals surface area contributed by atoms with Crippen LogP contribution >= 0.6 is 22.9 Å². The molecule has 7 nitrogen and oxygen atoms in total. The van der Waals surface area contributed by atoms with E-state index in [4.69, 9.17) is 16.3 Å². The zero-order chi connectivity index (χ0) is 18.6. The minimum Gasteiger partial charge on any atom is -0.451 e. The number of hydrogen-bond donors (Lipinski definition) is 1. The Balaban J connectivity index is 2.06. The van der Waals surface area contributed by atoms with Crippen LogP contribution in [0.25, 0.3) is 0 Å². The second-order valence-electron chi connectivity index (χ2n) is 5.03. The average Bonchev–Trinajstić information content (AvgIpc) is 3.09. The summed E-state index contributed by atoms with van der Waals surface area (Å²) in [5, 5.41) is 4.31. The van der Waals surface area contributed by atoms with E-state index in [-0.39, 0.29) is 15.6 Å². The van der Waals surface area contributed by atoms with Crippen molar-refractivity contribution in [2.24, 2.45) is 0 Å². The molecular weight excluding hydrogens is 388 g/mol. The van der Waals surface area contributed by atoms with Crippen LogP contribution in [0.15, 0.2) is 40.6 Å². The molecule has 0 saturated carbocycles. The van der Waals surface area contributed by atoms with Gasteiger partial charge >= 0.3 is 5.97 Å². The molecule has 0 fully saturated rings. The minimum atomic E-state index is -3.67. The lowest BCUT2D eigenvalue weighted by Crippen LogP contribution is -2.23. The Labute approximate surface area is 154 Å². The molecule has 0 saturated heterocycles. The number of esters is 1. The van der Waals surface area contributed by atoms with Gasteiger partial charge in [0.15, 0.2) is 6.61 Å². The van der Waals surface area contributed by atoms with Crippen molar-refractivity contribution in [2.45, 2.75) is 4.90 Å². The average molecular weight is 403 g/mol. The Morgan fingerprint density at radius 3 is 2.60 bits per heavy atom. The zero-order valence-corrected chi connectivity index (χ0v) is 15.7. The minimum absolute atomic E-state index is 0.0206. The molecule has 0 aliphatic heterocycles. The summed E-state index contributed by atoms with van der Waals surface area (Å²) in [6.45, 7) is -0.516. The van der Waals surface area contributed by atoms with E-state index in [2.05, 4.69) is 5.32 Å². The highest BCUT2D eigenvalue weighted by atomic mass is 35.5. The number of anilines is 1. The van der Waals surface area contributed by atoms with E-state index in [0.29, 0.717) is 4.88 Å². The van der Waals surface area contributed by atoms with Crippen molar-refractivity contribution in [2.75, 3.05) is 26.0 Å². The summed E-state index contributed by atoms with van der Waals surface area (Å²) < 4.78 is 30.2. The van der Waals surface area contributed by atoms with Gasteiger partial charge in [0, 0.05) is 14.1 Å². The topological polar surface area (TPSA) is 92.8 Å². The van der Waals surface area contributed by atoms with Crippen molar-refractivity contribution in [3.05, 3.63) is 45.6 Å². The maximum absolute atomic E-state index is 12.1. The summed E-state index contributed by atoms with van der Waals surface area (Å²) in [6, 6.07) is 7.22. The summed E-state index contributed by atoms with van der Waals surface area (Å²) in [4.78, 5) is 24.0. The van der Waals surface area contributed by atoms with Gasteiger partial charge in [0.05, 0.1) is 15.6 Å². The van der Waals surface area contributed by atoms with E-state index in [0.717, 1.165) is 4.31 Å². The van der Waals surface area contributed by atoms with Crippen molar-refractivity contribution >= 4 is 50.5 Å². The highest BCUT2D eigenvalue weighted by Crippen LogP contribution is 2.26. The van der Waals surface area contributed by atoms with Gasteiger partial charge < -0.3 is 10.1 Å². The normalized spacial score (nSPS) is 11.4. The van der Waals surface area contributed by atoms with Crippen LogP contribution in [0.1, 0.15) is 9.67 Å². The van der Waals surface area contributed by atoms with Crippen LogP contribution in [-0.4, -0.2) is 45.3 Å². The predicted octanol–water partition coefficient (Wildman–Crippen LogP) is 2.45. The summed E-state index contributed by atoms with van der Waals surface area (Å²) >= 11 is 7.18. The molecule has 0 atom stereocenters. The SMILES string of the molecule is CN(C)S(=O)(=O)c1ccc(Cl)c(NC(=O)COC(=O)c2cccs2)c1. The van der Waals surface area contributed by atoms with Gasteiger partial charge in [-0.2, -0.15) is 0 Å². The van der Waals surface area contributed by atoms with Crippen molar-refractivity contribution < 1.29 is 22.7 Å². The van der Waals surface area contributed by atoms with Gasteiger partial charge in [0.1, 0.15) is 4.88 Å². The summed E-state index contributed by atoms with van der Waals surface area (Å²) in [5.41, 5.74) is 0.113. The second-order valence-corrected chi connectivity index (χ2v) is 8.54. The molecule has 2 rings (SSSR count). The highest BCUT2D eigenvalue weighted by molar-refractivity contribution is 7.89. The number of amides is 1. The number of halogens is 1. The first kappa shape index (κ1) is 19.4. The summed E-state index contributed by atoms with van der Waals surface area (Å²) in [6.07, 6.45) is 0. The molecule has 10 heteroatoms. The van der Waals surface area contributed by atoms with Crippen molar-refractivity contribution in [3.8, 4) is 0 Å². The molecule has 1 heterocycles. The van der Waals surface area contributed by atoms with E-state index >= 15 is 0 Å². The summed E-state index contributed by atoms with van der Waals surface area (Å²) in [7, 11) is -0.878. The van der Waals surface area contributed by atoms with Gasteiger partial charge in [-0.05, 0) is 29.6 Å². The lowest BCUT2D eigenvalue weighted by atomic mass is 10.3. The first-order valence-electron chi connectivity index (χ1n) is 6.94. The third kappa shape index (κ3) is 4.79. The molecule has 1 aromatic heterocycles. The first-order chi connectivity index (χ1) is 11.7. The number of carbonyl (C=O) groups excluding carboxylic acids is 2. The number of benzene rings is 1. The maximum Gasteiger partial charge on any atom is 0.348 e. The standard InChI is InChI=1S/C15H15ClN2O5S2/c1-18(2)25(21,22)10-5-6-11(16)12(8-10)17-14(19)9-23-15(20)13-4-3-7-24-13/h3-8H,9H2,1-2H3,(H,17,19). The molecule has 0 radical (unpaired) electrons. The smallest absolute Gasteiger partial charge is 0.348 e. The Bertz CT molecular complexity index is 879.